The average molecular weight is 331 g/mol. The van der Waals surface area contributed by atoms with Crippen LogP contribution in [0.4, 0.5) is 11.4 Å². The first kappa shape index (κ1) is 18.3. The summed E-state index contributed by atoms with van der Waals surface area (Å²) in [5, 5.41) is 3.10. The summed E-state index contributed by atoms with van der Waals surface area (Å²) in [4.78, 5) is 27.9. The van der Waals surface area contributed by atoms with Crippen molar-refractivity contribution in [2.75, 3.05) is 30.4 Å². The fourth-order valence-electron chi connectivity index (χ4n) is 3.16. The largest absolute Gasteiger partial charge is 0.378 e. The summed E-state index contributed by atoms with van der Waals surface area (Å²) in [6.45, 7) is 1.58. The third-order valence-electron chi connectivity index (χ3n) is 4.58. The van der Waals surface area contributed by atoms with Gasteiger partial charge in [0.15, 0.2) is 0 Å². The molecule has 1 aliphatic rings. The topological polar surface area (TPSA) is 52.7 Å². The normalized spacial score (nSPS) is 15.5. The molecule has 24 heavy (non-hydrogen) atoms. The maximum atomic E-state index is 12.4. The number of amides is 2. The molecule has 0 saturated heterocycles. The van der Waals surface area contributed by atoms with Crippen LogP contribution in [-0.4, -0.2) is 38.5 Å². The van der Waals surface area contributed by atoms with Gasteiger partial charge in [0.1, 0.15) is 6.54 Å². The van der Waals surface area contributed by atoms with E-state index in [-0.39, 0.29) is 24.4 Å². The highest BCUT2D eigenvalue weighted by molar-refractivity contribution is 5.97. The smallest absolute Gasteiger partial charge is 0.240 e. The fourth-order valence-corrected chi connectivity index (χ4v) is 3.16. The summed E-state index contributed by atoms with van der Waals surface area (Å²) in [7, 11) is 3.94. The van der Waals surface area contributed by atoms with Gasteiger partial charge in [-0.15, -0.1) is 0 Å². The van der Waals surface area contributed by atoms with Gasteiger partial charge in [-0.1, -0.05) is 25.7 Å². The molecular formula is C19H29N3O2. The Kier molecular flexibility index (Phi) is 6.64. The molecule has 1 fully saturated rings. The van der Waals surface area contributed by atoms with Crippen LogP contribution >= 0.6 is 0 Å². The van der Waals surface area contributed by atoms with Gasteiger partial charge in [0.05, 0.1) is 0 Å². The fraction of sp³-hybridized carbons (Fsp3) is 0.579. The van der Waals surface area contributed by atoms with E-state index in [1.165, 1.54) is 37.5 Å². The Labute approximate surface area is 145 Å². The van der Waals surface area contributed by atoms with Crippen molar-refractivity contribution in [2.24, 2.45) is 0 Å². The van der Waals surface area contributed by atoms with Crippen LogP contribution in [-0.2, 0) is 9.59 Å². The number of benzene rings is 1. The molecule has 1 N–H and O–H groups in total. The molecule has 0 bridgehead atoms. The molecule has 0 aromatic heterocycles. The molecule has 5 heteroatoms. The second-order valence-corrected chi connectivity index (χ2v) is 6.77. The highest BCUT2D eigenvalue weighted by Gasteiger charge is 2.19. The van der Waals surface area contributed by atoms with Gasteiger partial charge in [0, 0.05) is 38.4 Å². The van der Waals surface area contributed by atoms with Crippen molar-refractivity contribution in [2.45, 2.75) is 51.5 Å². The Morgan fingerprint density at radius 2 is 1.54 bits per heavy atom. The lowest BCUT2D eigenvalue weighted by molar-refractivity contribution is -0.123. The Balaban J connectivity index is 1.99. The Bertz CT molecular complexity index is 546. The first-order valence-electron chi connectivity index (χ1n) is 8.82. The zero-order valence-corrected chi connectivity index (χ0v) is 15.0. The van der Waals surface area contributed by atoms with Gasteiger partial charge >= 0.3 is 0 Å². The maximum Gasteiger partial charge on any atom is 0.240 e. The van der Waals surface area contributed by atoms with Crippen LogP contribution in [0.5, 0.6) is 0 Å². The molecule has 132 valence electrons. The molecule has 1 aromatic rings. The van der Waals surface area contributed by atoms with Crippen LogP contribution in [0, 0.1) is 0 Å². The minimum atomic E-state index is -0.122. The van der Waals surface area contributed by atoms with Crippen molar-refractivity contribution in [3.05, 3.63) is 24.3 Å². The van der Waals surface area contributed by atoms with E-state index in [9.17, 15) is 9.59 Å². The number of hydrogen-bond acceptors (Lipinski definition) is 3. The zero-order valence-electron chi connectivity index (χ0n) is 15.0. The van der Waals surface area contributed by atoms with E-state index in [1.54, 1.807) is 0 Å². The van der Waals surface area contributed by atoms with Crippen molar-refractivity contribution in [3.8, 4) is 0 Å². The summed E-state index contributed by atoms with van der Waals surface area (Å²) in [5.41, 5.74) is 1.81. The van der Waals surface area contributed by atoms with Gasteiger partial charge in [-0.2, -0.15) is 0 Å². The Morgan fingerprint density at radius 3 is 2.04 bits per heavy atom. The zero-order chi connectivity index (χ0) is 17.5. The van der Waals surface area contributed by atoms with Crippen molar-refractivity contribution in [3.63, 3.8) is 0 Å². The molecule has 0 radical (unpaired) electrons. The summed E-state index contributed by atoms with van der Waals surface area (Å²) in [6, 6.07) is 7.93. The molecule has 0 aliphatic heterocycles. The van der Waals surface area contributed by atoms with Gasteiger partial charge in [-0.05, 0) is 37.1 Å². The van der Waals surface area contributed by atoms with Gasteiger partial charge < -0.3 is 15.1 Å². The van der Waals surface area contributed by atoms with E-state index in [0.29, 0.717) is 0 Å². The van der Waals surface area contributed by atoms with Gasteiger partial charge in [-0.3, -0.25) is 9.59 Å². The minimum Gasteiger partial charge on any atom is -0.378 e. The first-order valence-corrected chi connectivity index (χ1v) is 8.82. The number of hydrogen-bond donors (Lipinski definition) is 1. The first-order chi connectivity index (χ1) is 11.5. The predicted octanol–water partition coefficient (Wildman–Crippen LogP) is 2.94. The van der Waals surface area contributed by atoms with Crippen LogP contribution < -0.4 is 15.1 Å². The van der Waals surface area contributed by atoms with Crippen molar-refractivity contribution < 1.29 is 9.59 Å². The van der Waals surface area contributed by atoms with Gasteiger partial charge in [-0.25, -0.2) is 0 Å². The SMILES string of the molecule is CC(=O)N(CC(=O)NC1CCCCCC1)c1ccc(N(C)C)cc1. The molecule has 2 rings (SSSR count). The quantitative estimate of drug-likeness (QED) is 0.844. The van der Waals surface area contributed by atoms with Crippen molar-refractivity contribution in [1.29, 1.82) is 0 Å². The number of rotatable bonds is 5. The minimum absolute atomic E-state index is 0.0752. The monoisotopic (exact) mass is 331 g/mol. The molecule has 0 spiro atoms. The van der Waals surface area contributed by atoms with E-state index in [4.69, 9.17) is 0 Å². The van der Waals surface area contributed by atoms with E-state index in [0.717, 1.165) is 24.2 Å². The van der Waals surface area contributed by atoms with Crippen molar-refractivity contribution in [1.82, 2.24) is 5.32 Å². The number of anilines is 2. The number of carbonyl (C=O) groups excluding carboxylic acids is 2. The summed E-state index contributed by atoms with van der Waals surface area (Å²) in [5.74, 6) is -0.197. The third kappa shape index (κ3) is 5.25. The van der Waals surface area contributed by atoms with Crippen LogP contribution in [0.2, 0.25) is 0 Å². The number of nitrogens with one attached hydrogen (secondary N) is 1. The molecule has 5 nitrogen and oxygen atoms in total. The Morgan fingerprint density at radius 1 is 1.00 bits per heavy atom. The summed E-state index contributed by atoms with van der Waals surface area (Å²) >= 11 is 0. The second-order valence-electron chi connectivity index (χ2n) is 6.77. The Hall–Kier alpha value is -2.04. The standard InChI is InChI=1S/C19H29N3O2/c1-15(23)22(18-12-10-17(11-13-18)21(2)3)14-19(24)20-16-8-6-4-5-7-9-16/h10-13,16H,4-9,14H2,1-3H3,(H,20,24). The van der Waals surface area contributed by atoms with Crippen LogP contribution in [0.1, 0.15) is 45.4 Å². The third-order valence-corrected chi connectivity index (χ3v) is 4.58. The molecule has 0 atom stereocenters. The lowest BCUT2D eigenvalue weighted by Gasteiger charge is -2.23. The lowest BCUT2D eigenvalue weighted by atomic mass is 10.1. The van der Waals surface area contributed by atoms with E-state index in [1.807, 2.05) is 43.3 Å². The molecule has 2 amide bonds. The second kappa shape index (κ2) is 8.71. The van der Waals surface area contributed by atoms with E-state index >= 15 is 0 Å². The maximum absolute atomic E-state index is 12.4. The van der Waals surface area contributed by atoms with Gasteiger partial charge in [0.25, 0.3) is 0 Å². The lowest BCUT2D eigenvalue weighted by Crippen LogP contribution is -2.43. The molecule has 0 unspecified atom stereocenters. The molecule has 0 heterocycles. The van der Waals surface area contributed by atoms with Gasteiger partial charge in [0.2, 0.25) is 11.8 Å². The van der Waals surface area contributed by atoms with E-state index in [2.05, 4.69) is 5.32 Å². The average Bonchev–Trinajstić information content (AvgIpc) is 2.81. The molecule has 1 saturated carbocycles. The molecule has 1 aliphatic carbocycles. The summed E-state index contributed by atoms with van der Waals surface area (Å²) in [6.07, 6.45) is 6.95. The number of carbonyl (C=O) groups is 2. The summed E-state index contributed by atoms with van der Waals surface area (Å²) < 4.78 is 0. The van der Waals surface area contributed by atoms with Crippen molar-refractivity contribution >= 4 is 23.2 Å². The van der Waals surface area contributed by atoms with E-state index < -0.39 is 0 Å². The molecule has 1 aromatic carbocycles. The van der Waals surface area contributed by atoms with Crippen LogP contribution in [0.25, 0.3) is 0 Å². The van der Waals surface area contributed by atoms with Crippen LogP contribution in [0.3, 0.4) is 0 Å². The number of nitrogens with zero attached hydrogens (tertiary/aromatic N) is 2. The highest BCUT2D eigenvalue weighted by atomic mass is 16.2. The predicted molar refractivity (Wildman–Crippen MR) is 98.4 cm³/mol. The molecular weight excluding hydrogens is 302 g/mol. The van der Waals surface area contributed by atoms with Crippen LogP contribution in [0.15, 0.2) is 24.3 Å². The highest BCUT2D eigenvalue weighted by Crippen LogP contribution is 2.20.